The third-order valence-corrected chi connectivity index (χ3v) is 6.29. The number of anilines is 1. The predicted octanol–water partition coefficient (Wildman–Crippen LogP) is 4.51. The number of nitrogens with zero attached hydrogens (tertiary/aromatic N) is 2. The van der Waals surface area contributed by atoms with Crippen LogP contribution in [0.25, 0.3) is 0 Å². The van der Waals surface area contributed by atoms with E-state index in [1.807, 2.05) is 47.4 Å². The number of benzene rings is 2. The molecule has 0 radical (unpaired) electrons. The summed E-state index contributed by atoms with van der Waals surface area (Å²) in [7, 11) is 3.29. The van der Waals surface area contributed by atoms with E-state index in [4.69, 9.17) is 14.2 Å². The molecule has 7 heteroatoms. The summed E-state index contributed by atoms with van der Waals surface area (Å²) in [5.74, 6) is 2.16. The molecule has 2 fully saturated rings. The summed E-state index contributed by atoms with van der Waals surface area (Å²) in [6, 6.07) is 13.5. The fourth-order valence-corrected chi connectivity index (χ4v) is 4.50. The highest BCUT2D eigenvalue weighted by Gasteiger charge is 2.34. The molecule has 174 valence electrons. The molecule has 0 spiro atoms. The van der Waals surface area contributed by atoms with Crippen molar-refractivity contribution in [2.45, 2.75) is 31.6 Å². The molecule has 0 aliphatic carbocycles. The molecule has 2 saturated heterocycles. The zero-order valence-corrected chi connectivity index (χ0v) is 19.7. The van der Waals surface area contributed by atoms with Gasteiger partial charge in [0.1, 0.15) is 12.4 Å². The van der Waals surface area contributed by atoms with Crippen LogP contribution in [0, 0.1) is 0 Å². The van der Waals surface area contributed by atoms with Gasteiger partial charge in [-0.25, -0.2) is 0 Å². The smallest absolute Gasteiger partial charge is 0.234 e. The van der Waals surface area contributed by atoms with Gasteiger partial charge in [-0.2, -0.15) is 0 Å². The van der Waals surface area contributed by atoms with Crippen LogP contribution in [0.2, 0.25) is 0 Å². The minimum atomic E-state index is -0.169. The first-order valence-corrected chi connectivity index (χ1v) is 11.2. The van der Waals surface area contributed by atoms with Gasteiger partial charge >= 0.3 is 0 Å². The van der Waals surface area contributed by atoms with Crippen molar-refractivity contribution in [3.8, 4) is 17.2 Å². The second kappa shape index (κ2) is 11.4. The van der Waals surface area contributed by atoms with Crippen LogP contribution in [-0.2, 0) is 4.79 Å². The Labute approximate surface area is 196 Å². The van der Waals surface area contributed by atoms with Crippen LogP contribution >= 0.6 is 12.4 Å². The normalized spacial score (nSPS) is 18.9. The van der Waals surface area contributed by atoms with Gasteiger partial charge in [0.25, 0.3) is 0 Å². The predicted molar refractivity (Wildman–Crippen MR) is 129 cm³/mol. The SMILES string of the molecule is COc1ccc(N2CCC(c3ccc(OC)c(OCCN4CCCCC4)c3)C2=O)cc1.Cl. The third-order valence-electron chi connectivity index (χ3n) is 6.29. The molecule has 0 N–H and O–H groups in total. The average molecular weight is 461 g/mol. The van der Waals surface area contributed by atoms with E-state index >= 15 is 0 Å². The molecule has 1 unspecified atom stereocenters. The van der Waals surface area contributed by atoms with Crippen molar-refractivity contribution in [3.63, 3.8) is 0 Å². The summed E-state index contributed by atoms with van der Waals surface area (Å²) in [5.41, 5.74) is 1.88. The number of ether oxygens (including phenoxy) is 3. The highest BCUT2D eigenvalue weighted by atomic mass is 35.5. The van der Waals surface area contributed by atoms with Gasteiger partial charge in [-0.3, -0.25) is 9.69 Å². The summed E-state index contributed by atoms with van der Waals surface area (Å²) in [5, 5.41) is 0. The molecule has 2 aliphatic rings. The number of likely N-dealkylation sites (tertiary alicyclic amines) is 1. The van der Waals surface area contributed by atoms with Crippen molar-refractivity contribution in [3.05, 3.63) is 48.0 Å². The van der Waals surface area contributed by atoms with Crippen LogP contribution in [0.3, 0.4) is 0 Å². The van der Waals surface area contributed by atoms with Crippen LogP contribution in [0.1, 0.15) is 37.2 Å². The quantitative estimate of drug-likeness (QED) is 0.580. The van der Waals surface area contributed by atoms with E-state index in [1.165, 1.54) is 19.3 Å². The number of halogens is 1. The van der Waals surface area contributed by atoms with E-state index in [-0.39, 0.29) is 24.2 Å². The lowest BCUT2D eigenvalue weighted by molar-refractivity contribution is -0.118. The van der Waals surface area contributed by atoms with Crippen molar-refractivity contribution < 1.29 is 19.0 Å². The molecule has 0 saturated carbocycles. The van der Waals surface area contributed by atoms with Gasteiger partial charge in [0.05, 0.1) is 20.1 Å². The topological polar surface area (TPSA) is 51.2 Å². The molecule has 4 rings (SSSR count). The molecule has 2 aliphatic heterocycles. The van der Waals surface area contributed by atoms with Gasteiger partial charge in [0, 0.05) is 18.8 Å². The van der Waals surface area contributed by atoms with E-state index in [1.54, 1.807) is 14.2 Å². The largest absolute Gasteiger partial charge is 0.497 e. The monoisotopic (exact) mass is 460 g/mol. The number of carbonyl (C=O) groups is 1. The first kappa shape index (κ1) is 24.2. The Kier molecular flexibility index (Phi) is 8.65. The maximum atomic E-state index is 13.2. The second-order valence-electron chi connectivity index (χ2n) is 8.19. The van der Waals surface area contributed by atoms with E-state index in [0.717, 1.165) is 43.1 Å². The first-order chi connectivity index (χ1) is 15.2. The molecule has 1 atom stereocenters. The molecule has 2 heterocycles. The van der Waals surface area contributed by atoms with Crippen LogP contribution < -0.4 is 19.1 Å². The lowest BCUT2D eigenvalue weighted by Gasteiger charge is -2.26. The average Bonchev–Trinajstić information content (AvgIpc) is 3.21. The van der Waals surface area contributed by atoms with E-state index in [9.17, 15) is 4.79 Å². The van der Waals surface area contributed by atoms with Crippen LogP contribution in [0.5, 0.6) is 17.2 Å². The Morgan fingerprint density at radius 2 is 1.66 bits per heavy atom. The van der Waals surface area contributed by atoms with Crippen LogP contribution in [0.4, 0.5) is 5.69 Å². The van der Waals surface area contributed by atoms with Crippen molar-refractivity contribution in [1.29, 1.82) is 0 Å². The van der Waals surface area contributed by atoms with E-state index in [2.05, 4.69) is 4.90 Å². The number of piperidine rings is 1. The molecule has 6 nitrogen and oxygen atoms in total. The summed E-state index contributed by atoms with van der Waals surface area (Å²) in [4.78, 5) is 17.5. The van der Waals surface area contributed by atoms with Gasteiger partial charge < -0.3 is 19.1 Å². The van der Waals surface area contributed by atoms with Gasteiger partial charge in [-0.05, 0) is 74.3 Å². The van der Waals surface area contributed by atoms with Gasteiger partial charge in [0.2, 0.25) is 5.91 Å². The van der Waals surface area contributed by atoms with E-state index < -0.39 is 0 Å². The molecule has 0 bridgehead atoms. The van der Waals surface area contributed by atoms with E-state index in [0.29, 0.717) is 24.7 Å². The Bertz CT molecular complexity index is 884. The number of hydrogen-bond acceptors (Lipinski definition) is 5. The van der Waals surface area contributed by atoms with Gasteiger partial charge in [-0.15, -0.1) is 12.4 Å². The summed E-state index contributed by atoms with van der Waals surface area (Å²) in [6.07, 6.45) is 4.65. The fourth-order valence-electron chi connectivity index (χ4n) is 4.50. The third kappa shape index (κ3) is 5.48. The second-order valence-corrected chi connectivity index (χ2v) is 8.19. The lowest BCUT2D eigenvalue weighted by atomic mass is 9.97. The molecule has 2 aromatic carbocycles. The summed E-state index contributed by atoms with van der Waals surface area (Å²) < 4.78 is 16.8. The molecule has 0 aromatic heterocycles. The zero-order valence-electron chi connectivity index (χ0n) is 18.9. The zero-order chi connectivity index (χ0) is 21.6. The van der Waals surface area contributed by atoms with Crippen LogP contribution in [0.15, 0.2) is 42.5 Å². The minimum Gasteiger partial charge on any atom is -0.497 e. The van der Waals surface area contributed by atoms with Gasteiger partial charge in [-0.1, -0.05) is 12.5 Å². The highest BCUT2D eigenvalue weighted by Crippen LogP contribution is 2.37. The standard InChI is InChI=1S/C25H32N2O4.ClH/c1-29-21-9-7-20(8-10-21)27-15-12-22(25(27)28)19-6-11-23(30-2)24(18-19)31-17-16-26-13-4-3-5-14-26;/h6-11,18,22H,3-5,12-17H2,1-2H3;1H. The lowest BCUT2D eigenvalue weighted by Crippen LogP contribution is -2.33. The Hall–Kier alpha value is -2.44. The van der Waals surface area contributed by atoms with Gasteiger partial charge in [0.15, 0.2) is 11.5 Å². The minimum absolute atomic E-state index is 0. The molecular weight excluding hydrogens is 428 g/mol. The summed E-state index contributed by atoms with van der Waals surface area (Å²) in [6.45, 7) is 4.54. The number of rotatable bonds is 8. The Morgan fingerprint density at radius 3 is 2.34 bits per heavy atom. The molecule has 1 amide bonds. The maximum absolute atomic E-state index is 13.2. The number of amides is 1. The first-order valence-electron chi connectivity index (χ1n) is 11.2. The maximum Gasteiger partial charge on any atom is 0.234 e. The number of carbonyl (C=O) groups excluding carboxylic acids is 1. The van der Waals surface area contributed by atoms with Crippen molar-refractivity contribution in [1.82, 2.24) is 4.90 Å². The Balaban J connectivity index is 0.00000289. The molecule has 32 heavy (non-hydrogen) atoms. The highest BCUT2D eigenvalue weighted by molar-refractivity contribution is 6.00. The van der Waals surface area contributed by atoms with Crippen molar-refractivity contribution >= 4 is 24.0 Å². The molecular formula is C25H33ClN2O4. The fraction of sp³-hybridized carbons (Fsp3) is 0.480. The van der Waals surface area contributed by atoms with Crippen molar-refractivity contribution in [2.75, 3.05) is 51.9 Å². The Morgan fingerprint density at radius 1 is 0.906 bits per heavy atom. The van der Waals surface area contributed by atoms with Crippen molar-refractivity contribution in [2.24, 2.45) is 0 Å². The number of methoxy groups -OCH3 is 2. The number of hydrogen-bond donors (Lipinski definition) is 0. The molecule has 2 aromatic rings. The summed E-state index contributed by atoms with van der Waals surface area (Å²) >= 11 is 0. The van der Waals surface area contributed by atoms with Crippen LogP contribution in [-0.4, -0.2) is 57.8 Å².